The van der Waals surface area contributed by atoms with Crippen LogP contribution in [0.1, 0.15) is 23.2 Å². The molecule has 0 radical (unpaired) electrons. The topological polar surface area (TPSA) is 88.3 Å². The summed E-state index contributed by atoms with van der Waals surface area (Å²) in [5.41, 5.74) is 5.30. The monoisotopic (exact) mass is 364 g/mol. The average molecular weight is 365 g/mol. The normalized spacial score (nSPS) is 18.3. The van der Waals surface area contributed by atoms with Crippen molar-refractivity contribution in [1.29, 1.82) is 0 Å². The standard InChI is InChI=1S/C14H16ClF3N4O2/c15-10-4-9(11(19)23)5-20-12(10)22-3-1-2-8(6-22)13(24)21-7-14(16,17)18/h4-5,8H,1-3,6-7H2,(H2,19,23)(H,21,24). The maximum Gasteiger partial charge on any atom is 0.405 e. The first-order chi connectivity index (χ1) is 11.2. The third-order valence-electron chi connectivity index (χ3n) is 3.66. The van der Waals surface area contributed by atoms with Crippen LogP contribution in [-0.4, -0.2) is 42.6 Å². The Balaban J connectivity index is 2.05. The van der Waals surface area contributed by atoms with Crippen LogP contribution >= 0.6 is 11.6 Å². The number of halogens is 4. The fourth-order valence-electron chi connectivity index (χ4n) is 2.51. The number of rotatable bonds is 4. The molecule has 2 heterocycles. The molecule has 24 heavy (non-hydrogen) atoms. The number of alkyl halides is 3. The predicted molar refractivity (Wildman–Crippen MR) is 81.8 cm³/mol. The first-order valence-electron chi connectivity index (χ1n) is 7.22. The van der Waals surface area contributed by atoms with E-state index in [9.17, 15) is 22.8 Å². The highest BCUT2D eigenvalue weighted by Crippen LogP contribution is 2.28. The number of primary amides is 1. The van der Waals surface area contributed by atoms with Crippen LogP contribution in [0.2, 0.25) is 5.02 Å². The molecule has 1 unspecified atom stereocenters. The molecular weight excluding hydrogens is 349 g/mol. The number of hydrogen-bond acceptors (Lipinski definition) is 4. The van der Waals surface area contributed by atoms with Crippen LogP contribution in [0.4, 0.5) is 19.0 Å². The summed E-state index contributed by atoms with van der Waals surface area (Å²) in [6, 6.07) is 1.37. The van der Waals surface area contributed by atoms with E-state index in [4.69, 9.17) is 17.3 Å². The van der Waals surface area contributed by atoms with Gasteiger partial charge in [-0.15, -0.1) is 0 Å². The summed E-state index contributed by atoms with van der Waals surface area (Å²) in [5.74, 6) is -1.54. The van der Waals surface area contributed by atoms with Crippen molar-refractivity contribution in [3.63, 3.8) is 0 Å². The molecule has 1 saturated heterocycles. The maximum atomic E-state index is 12.2. The molecule has 0 spiro atoms. The fraction of sp³-hybridized carbons (Fsp3) is 0.500. The van der Waals surface area contributed by atoms with Gasteiger partial charge in [0.1, 0.15) is 12.4 Å². The molecule has 132 valence electrons. The summed E-state index contributed by atoms with van der Waals surface area (Å²) in [6.45, 7) is -0.591. The molecule has 3 N–H and O–H groups in total. The van der Waals surface area contributed by atoms with Gasteiger partial charge in [0.2, 0.25) is 11.8 Å². The molecule has 1 aromatic heterocycles. The van der Waals surface area contributed by atoms with Crippen molar-refractivity contribution in [2.45, 2.75) is 19.0 Å². The van der Waals surface area contributed by atoms with Gasteiger partial charge in [0.15, 0.2) is 0 Å². The van der Waals surface area contributed by atoms with Crippen molar-refractivity contribution < 1.29 is 22.8 Å². The summed E-state index contributed by atoms with van der Waals surface area (Å²) < 4.78 is 36.6. The van der Waals surface area contributed by atoms with E-state index in [1.54, 1.807) is 4.90 Å². The lowest BCUT2D eigenvalue weighted by atomic mass is 9.97. The van der Waals surface area contributed by atoms with Crippen LogP contribution in [0.15, 0.2) is 12.3 Å². The van der Waals surface area contributed by atoms with Gasteiger partial charge in [0.25, 0.3) is 0 Å². The van der Waals surface area contributed by atoms with Gasteiger partial charge in [-0.3, -0.25) is 9.59 Å². The number of hydrogen-bond donors (Lipinski definition) is 2. The maximum absolute atomic E-state index is 12.2. The number of piperidine rings is 1. The molecule has 0 saturated carbocycles. The van der Waals surface area contributed by atoms with E-state index >= 15 is 0 Å². The van der Waals surface area contributed by atoms with Crippen LogP contribution in [0.3, 0.4) is 0 Å². The second-order valence-electron chi connectivity index (χ2n) is 5.51. The molecule has 1 aliphatic rings. The molecule has 0 aliphatic carbocycles. The zero-order valence-corrected chi connectivity index (χ0v) is 13.3. The lowest BCUT2D eigenvalue weighted by molar-refractivity contribution is -0.140. The third-order valence-corrected chi connectivity index (χ3v) is 3.94. The van der Waals surface area contributed by atoms with Gasteiger partial charge in [0.05, 0.1) is 16.5 Å². The number of aromatic nitrogens is 1. The second kappa shape index (κ2) is 7.25. The van der Waals surface area contributed by atoms with Gasteiger partial charge in [-0.2, -0.15) is 13.2 Å². The number of nitrogens with two attached hydrogens (primary N) is 1. The van der Waals surface area contributed by atoms with Crippen molar-refractivity contribution >= 4 is 29.2 Å². The Morgan fingerprint density at radius 3 is 2.75 bits per heavy atom. The first kappa shape index (κ1) is 18.3. The largest absolute Gasteiger partial charge is 0.405 e. The summed E-state index contributed by atoms with van der Waals surface area (Å²) in [7, 11) is 0. The van der Waals surface area contributed by atoms with Crippen LogP contribution < -0.4 is 16.0 Å². The first-order valence-corrected chi connectivity index (χ1v) is 7.60. The van der Waals surface area contributed by atoms with E-state index in [1.807, 2.05) is 5.32 Å². The minimum absolute atomic E-state index is 0.153. The molecular formula is C14H16ClF3N4O2. The van der Waals surface area contributed by atoms with Gasteiger partial charge in [-0.05, 0) is 18.9 Å². The van der Waals surface area contributed by atoms with Crippen molar-refractivity contribution in [2.75, 3.05) is 24.5 Å². The highest BCUT2D eigenvalue weighted by atomic mass is 35.5. The zero-order chi connectivity index (χ0) is 17.9. The lowest BCUT2D eigenvalue weighted by Crippen LogP contribution is -2.45. The highest BCUT2D eigenvalue weighted by Gasteiger charge is 2.32. The number of nitrogens with zero attached hydrogens (tertiary/aromatic N) is 2. The molecule has 2 amide bonds. The van der Waals surface area contributed by atoms with E-state index in [1.165, 1.54) is 12.3 Å². The molecule has 0 aromatic carbocycles. The lowest BCUT2D eigenvalue weighted by Gasteiger charge is -2.33. The molecule has 1 aromatic rings. The third kappa shape index (κ3) is 4.73. The number of amides is 2. The van der Waals surface area contributed by atoms with E-state index in [-0.39, 0.29) is 17.1 Å². The number of carbonyl (C=O) groups excluding carboxylic acids is 2. The van der Waals surface area contributed by atoms with Crippen molar-refractivity contribution in [2.24, 2.45) is 11.7 Å². The van der Waals surface area contributed by atoms with Gasteiger partial charge in [-0.25, -0.2) is 4.98 Å². The van der Waals surface area contributed by atoms with Crippen molar-refractivity contribution in [3.05, 3.63) is 22.8 Å². The van der Waals surface area contributed by atoms with Crippen LogP contribution in [0, 0.1) is 5.92 Å². The molecule has 2 rings (SSSR count). The fourth-order valence-corrected chi connectivity index (χ4v) is 2.80. The molecule has 10 heteroatoms. The average Bonchev–Trinajstić information content (AvgIpc) is 2.51. The number of anilines is 1. The SMILES string of the molecule is NC(=O)c1cnc(N2CCCC(C(=O)NCC(F)(F)F)C2)c(Cl)c1. The van der Waals surface area contributed by atoms with Crippen molar-refractivity contribution in [1.82, 2.24) is 10.3 Å². The summed E-state index contributed by atoms with van der Waals surface area (Å²) in [4.78, 5) is 28.8. The summed E-state index contributed by atoms with van der Waals surface area (Å²) in [5, 5.41) is 2.09. The molecule has 1 atom stereocenters. The Hall–Kier alpha value is -2.03. The van der Waals surface area contributed by atoms with Gasteiger partial charge in [-0.1, -0.05) is 11.6 Å². The Kier molecular flexibility index (Phi) is 5.53. The highest BCUT2D eigenvalue weighted by molar-refractivity contribution is 6.33. The zero-order valence-electron chi connectivity index (χ0n) is 12.6. The molecule has 0 bridgehead atoms. The summed E-state index contributed by atoms with van der Waals surface area (Å²) in [6.07, 6.45) is -2.08. The van der Waals surface area contributed by atoms with Gasteiger partial charge >= 0.3 is 6.18 Å². The Labute approximate surface area is 141 Å². The van der Waals surface area contributed by atoms with Crippen LogP contribution in [0.25, 0.3) is 0 Å². The second-order valence-corrected chi connectivity index (χ2v) is 5.92. The number of nitrogens with one attached hydrogen (secondary N) is 1. The Morgan fingerprint density at radius 1 is 1.46 bits per heavy atom. The Morgan fingerprint density at radius 2 is 2.17 bits per heavy atom. The quantitative estimate of drug-likeness (QED) is 0.851. The van der Waals surface area contributed by atoms with E-state index in [2.05, 4.69) is 4.98 Å². The number of carbonyl (C=O) groups is 2. The predicted octanol–water partition coefficient (Wildman–Crippen LogP) is 1.73. The molecule has 6 nitrogen and oxygen atoms in total. The summed E-state index contributed by atoms with van der Waals surface area (Å²) >= 11 is 6.09. The van der Waals surface area contributed by atoms with Crippen molar-refractivity contribution in [3.8, 4) is 0 Å². The van der Waals surface area contributed by atoms with Crippen LogP contribution in [-0.2, 0) is 4.79 Å². The van der Waals surface area contributed by atoms with E-state index in [0.29, 0.717) is 25.2 Å². The van der Waals surface area contributed by atoms with E-state index < -0.39 is 30.5 Å². The smallest absolute Gasteiger partial charge is 0.366 e. The van der Waals surface area contributed by atoms with E-state index in [0.717, 1.165) is 0 Å². The minimum Gasteiger partial charge on any atom is -0.366 e. The Bertz CT molecular complexity index is 639. The molecule has 1 aliphatic heterocycles. The van der Waals surface area contributed by atoms with Gasteiger partial charge in [0, 0.05) is 19.3 Å². The molecule has 1 fully saturated rings. The van der Waals surface area contributed by atoms with Gasteiger partial charge < -0.3 is 16.0 Å². The minimum atomic E-state index is -4.44. The number of pyridine rings is 1. The van der Waals surface area contributed by atoms with Crippen LogP contribution in [0.5, 0.6) is 0 Å².